The Balaban J connectivity index is 1.65. The van der Waals surface area contributed by atoms with Crippen molar-refractivity contribution in [3.05, 3.63) is 30.3 Å². The van der Waals surface area contributed by atoms with Crippen LogP contribution >= 0.6 is 0 Å². The van der Waals surface area contributed by atoms with E-state index < -0.39 is 17.9 Å². The van der Waals surface area contributed by atoms with Crippen LogP contribution in [-0.4, -0.2) is 117 Å². The third-order valence-corrected chi connectivity index (χ3v) is 6.92. The molecule has 0 unspecified atom stereocenters. The second kappa shape index (κ2) is 16.8. The van der Waals surface area contributed by atoms with Gasteiger partial charge >= 0.3 is 0 Å². The van der Waals surface area contributed by atoms with Crippen LogP contribution in [0, 0.1) is 5.41 Å². The molecule has 2 aliphatic rings. The number of ether oxygens (including phenoxy) is 3. The molecule has 0 bridgehead atoms. The van der Waals surface area contributed by atoms with Gasteiger partial charge in [0, 0.05) is 38.6 Å². The predicted molar refractivity (Wildman–Crippen MR) is 157 cm³/mol. The van der Waals surface area contributed by atoms with Gasteiger partial charge in [-0.15, -0.1) is 0 Å². The number of hydrogen-bond acceptors (Lipinski definition) is 8. The summed E-state index contributed by atoms with van der Waals surface area (Å²) in [5, 5.41) is 8.54. The van der Waals surface area contributed by atoms with E-state index in [1.807, 2.05) is 39.0 Å². The summed E-state index contributed by atoms with van der Waals surface area (Å²) < 4.78 is 16.5. The van der Waals surface area contributed by atoms with Crippen molar-refractivity contribution in [2.24, 2.45) is 5.41 Å². The molecule has 1 aromatic rings. The standard InChI is InChI=1S/C30H45N5O8/c1-30(2,3)18-25(36)31-10-13-34-19-27(38)35-12-9-22(33-26(37)20-43-23-7-5-4-6-8-23)17-24(35)29(40)32-11-14-41-15-16-42-21-28(34)39/h4-8,22,24H,9-21H2,1-3H3,(H,31,36)(H,32,40)(H,33,37)/t22-,24-/m1/s1. The maximum Gasteiger partial charge on any atom is 0.258 e. The van der Waals surface area contributed by atoms with Crippen molar-refractivity contribution in [2.75, 3.05) is 65.8 Å². The van der Waals surface area contributed by atoms with Crippen molar-refractivity contribution in [2.45, 2.75) is 52.1 Å². The Morgan fingerprint density at radius 1 is 1.02 bits per heavy atom. The van der Waals surface area contributed by atoms with Crippen LogP contribution in [0.3, 0.4) is 0 Å². The number of carbonyl (C=O) groups excluding carboxylic acids is 5. The van der Waals surface area contributed by atoms with Crippen LogP contribution in [0.1, 0.15) is 40.0 Å². The zero-order valence-corrected chi connectivity index (χ0v) is 25.4. The van der Waals surface area contributed by atoms with Gasteiger partial charge in [0.15, 0.2) is 6.61 Å². The largest absolute Gasteiger partial charge is 0.484 e. The minimum Gasteiger partial charge on any atom is -0.484 e. The average molecular weight is 604 g/mol. The molecule has 0 radical (unpaired) electrons. The Morgan fingerprint density at radius 3 is 2.51 bits per heavy atom. The van der Waals surface area contributed by atoms with E-state index in [2.05, 4.69) is 16.0 Å². The second-order valence-electron chi connectivity index (χ2n) is 11.9. The molecular weight excluding hydrogens is 558 g/mol. The first-order chi connectivity index (χ1) is 20.5. The topological polar surface area (TPSA) is 156 Å². The van der Waals surface area contributed by atoms with Crippen LogP contribution in [0.4, 0.5) is 0 Å². The number of carbonyl (C=O) groups is 5. The van der Waals surface area contributed by atoms with Crippen LogP contribution in [-0.2, 0) is 33.4 Å². The molecule has 2 saturated heterocycles. The lowest BCUT2D eigenvalue weighted by Crippen LogP contribution is -2.59. The first-order valence-corrected chi connectivity index (χ1v) is 14.8. The third kappa shape index (κ3) is 12.2. The molecule has 5 amide bonds. The number of benzene rings is 1. The summed E-state index contributed by atoms with van der Waals surface area (Å²) in [6, 6.07) is 7.76. The van der Waals surface area contributed by atoms with Gasteiger partial charge in [0.2, 0.25) is 23.6 Å². The van der Waals surface area contributed by atoms with Crippen LogP contribution < -0.4 is 20.7 Å². The van der Waals surface area contributed by atoms with Gasteiger partial charge in [-0.1, -0.05) is 39.0 Å². The smallest absolute Gasteiger partial charge is 0.258 e. The number of rotatable bonds is 8. The monoisotopic (exact) mass is 603 g/mol. The molecule has 0 aliphatic carbocycles. The van der Waals surface area contributed by atoms with E-state index >= 15 is 0 Å². The molecular formula is C30H45N5O8. The minimum atomic E-state index is -0.855. The molecule has 2 atom stereocenters. The zero-order valence-electron chi connectivity index (χ0n) is 25.4. The Morgan fingerprint density at radius 2 is 1.77 bits per heavy atom. The van der Waals surface area contributed by atoms with Crippen LogP contribution in [0.5, 0.6) is 5.75 Å². The van der Waals surface area contributed by atoms with E-state index in [9.17, 15) is 24.0 Å². The molecule has 2 heterocycles. The molecule has 3 rings (SSSR count). The van der Waals surface area contributed by atoms with E-state index in [4.69, 9.17) is 14.2 Å². The molecule has 0 saturated carbocycles. The van der Waals surface area contributed by atoms with Crippen molar-refractivity contribution in [1.29, 1.82) is 0 Å². The Labute approximate surface area is 252 Å². The van der Waals surface area contributed by atoms with Crippen molar-refractivity contribution >= 4 is 29.5 Å². The van der Waals surface area contributed by atoms with Gasteiger partial charge in [0.1, 0.15) is 18.4 Å². The summed E-state index contributed by atoms with van der Waals surface area (Å²) >= 11 is 0. The molecule has 13 nitrogen and oxygen atoms in total. The van der Waals surface area contributed by atoms with Crippen molar-refractivity contribution in [3.63, 3.8) is 0 Å². The predicted octanol–water partition coefficient (Wildman–Crippen LogP) is 0.0852. The number of amides is 5. The average Bonchev–Trinajstić information content (AvgIpc) is 2.96. The molecule has 0 spiro atoms. The summed E-state index contributed by atoms with van der Waals surface area (Å²) in [6.45, 7) is 6.53. The molecule has 2 fully saturated rings. The molecule has 1 aromatic carbocycles. The molecule has 2 aliphatic heterocycles. The zero-order chi connectivity index (χ0) is 31.2. The fourth-order valence-electron chi connectivity index (χ4n) is 4.83. The maximum absolute atomic E-state index is 13.6. The lowest BCUT2D eigenvalue weighted by Gasteiger charge is -2.39. The third-order valence-electron chi connectivity index (χ3n) is 6.92. The highest BCUT2D eigenvalue weighted by atomic mass is 16.5. The molecule has 13 heteroatoms. The number of hydrogen-bond donors (Lipinski definition) is 3. The SMILES string of the molecule is CC(C)(C)CC(=O)NCCN1CC(=O)N2CC[C@@H](NC(=O)COc3ccccc3)C[C@@H]2C(=O)NCCOCCOCC1=O. The number of nitrogens with one attached hydrogen (secondary N) is 3. The Bertz CT molecular complexity index is 1090. The Kier molecular flexibility index (Phi) is 13.2. The fourth-order valence-corrected chi connectivity index (χ4v) is 4.83. The van der Waals surface area contributed by atoms with Crippen molar-refractivity contribution in [1.82, 2.24) is 25.8 Å². The van der Waals surface area contributed by atoms with Gasteiger partial charge in [-0.2, -0.15) is 0 Å². The number of piperidine rings is 1. The molecule has 43 heavy (non-hydrogen) atoms. The summed E-state index contributed by atoms with van der Waals surface area (Å²) in [4.78, 5) is 67.5. The number of nitrogens with zero attached hydrogens (tertiary/aromatic N) is 2. The van der Waals surface area contributed by atoms with Crippen LogP contribution in [0.25, 0.3) is 0 Å². The fraction of sp³-hybridized carbons (Fsp3) is 0.633. The van der Waals surface area contributed by atoms with E-state index in [0.29, 0.717) is 18.6 Å². The number of fused-ring (bicyclic) bond motifs is 1. The van der Waals surface area contributed by atoms with Gasteiger partial charge in [-0.3, -0.25) is 24.0 Å². The molecule has 238 valence electrons. The normalized spacial score (nSPS) is 21.1. The first-order valence-electron chi connectivity index (χ1n) is 14.8. The van der Waals surface area contributed by atoms with Crippen molar-refractivity contribution in [3.8, 4) is 5.75 Å². The van der Waals surface area contributed by atoms with Gasteiger partial charge in [-0.25, -0.2) is 0 Å². The quantitative estimate of drug-likeness (QED) is 0.378. The van der Waals surface area contributed by atoms with E-state index in [1.165, 1.54) is 9.80 Å². The van der Waals surface area contributed by atoms with Crippen LogP contribution in [0.2, 0.25) is 0 Å². The van der Waals surface area contributed by atoms with Gasteiger partial charge in [-0.05, 0) is 30.4 Å². The highest BCUT2D eigenvalue weighted by Crippen LogP contribution is 2.20. The summed E-state index contributed by atoms with van der Waals surface area (Å²) in [7, 11) is 0. The van der Waals surface area contributed by atoms with E-state index in [1.54, 1.807) is 12.1 Å². The minimum absolute atomic E-state index is 0.102. The lowest BCUT2D eigenvalue weighted by molar-refractivity contribution is -0.148. The highest BCUT2D eigenvalue weighted by molar-refractivity contribution is 5.91. The summed E-state index contributed by atoms with van der Waals surface area (Å²) in [6.07, 6.45) is 0.953. The summed E-state index contributed by atoms with van der Waals surface area (Å²) in [5.41, 5.74) is -0.189. The van der Waals surface area contributed by atoms with Crippen LogP contribution in [0.15, 0.2) is 30.3 Å². The number of para-hydroxylation sites is 1. The van der Waals surface area contributed by atoms with Gasteiger partial charge < -0.3 is 40.0 Å². The first kappa shape index (κ1) is 33.8. The molecule has 0 aromatic heterocycles. The van der Waals surface area contributed by atoms with Gasteiger partial charge in [0.25, 0.3) is 5.91 Å². The molecule has 3 N–H and O–H groups in total. The van der Waals surface area contributed by atoms with Crippen molar-refractivity contribution < 1.29 is 38.2 Å². The van der Waals surface area contributed by atoms with Gasteiger partial charge in [0.05, 0.1) is 26.4 Å². The Hall–Kier alpha value is -3.71. The van der Waals surface area contributed by atoms with E-state index in [0.717, 1.165) is 0 Å². The highest BCUT2D eigenvalue weighted by Gasteiger charge is 2.37. The van der Waals surface area contributed by atoms with E-state index in [-0.39, 0.29) is 101 Å². The lowest BCUT2D eigenvalue weighted by atomic mass is 9.92. The maximum atomic E-state index is 13.6. The second-order valence-corrected chi connectivity index (χ2v) is 11.9. The summed E-state index contributed by atoms with van der Waals surface area (Å²) in [5.74, 6) is -1.08.